The molecule has 31 heavy (non-hydrogen) atoms. The molecule has 180 valence electrons. The maximum atomic E-state index is 6.47. The summed E-state index contributed by atoms with van der Waals surface area (Å²) in [6, 6.07) is 0. The van der Waals surface area contributed by atoms with Crippen LogP contribution < -0.4 is 5.73 Å². The third kappa shape index (κ3) is 5.73. The summed E-state index contributed by atoms with van der Waals surface area (Å²) in [6.07, 6.45) is 22.4. The smallest absolute Gasteiger partial charge is 0.00459 e. The normalized spacial score (nSPS) is 44.6. The molecule has 0 aromatic heterocycles. The highest BCUT2D eigenvalue weighted by Gasteiger charge is 2.43. The van der Waals surface area contributed by atoms with Crippen LogP contribution in [0.2, 0.25) is 0 Å². The fraction of sp³-hybridized carbons (Fsp3) is 1.00. The van der Waals surface area contributed by atoms with E-state index >= 15 is 0 Å². The molecule has 7 atom stereocenters. The van der Waals surface area contributed by atoms with Gasteiger partial charge in [0.15, 0.2) is 0 Å². The predicted octanol–water partition coefficient (Wildman–Crippen LogP) is 8.46. The van der Waals surface area contributed by atoms with Crippen LogP contribution >= 0.6 is 0 Å². The van der Waals surface area contributed by atoms with Crippen LogP contribution in [0.15, 0.2) is 0 Å². The third-order valence-electron chi connectivity index (χ3n) is 11.4. The van der Waals surface area contributed by atoms with Crippen molar-refractivity contribution in [1.29, 1.82) is 0 Å². The molecular formula is C30H55N. The summed E-state index contributed by atoms with van der Waals surface area (Å²) in [5, 5.41) is 0. The number of fused-ring (bicyclic) bond motifs is 2. The van der Waals surface area contributed by atoms with Gasteiger partial charge in [-0.15, -0.1) is 0 Å². The molecule has 0 aliphatic heterocycles. The van der Waals surface area contributed by atoms with E-state index in [1.54, 1.807) is 6.42 Å². The van der Waals surface area contributed by atoms with E-state index in [9.17, 15) is 0 Å². The van der Waals surface area contributed by atoms with Crippen molar-refractivity contribution in [3.05, 3.63) is 0 Å². The number of hydrogen-bond acceptors (Lipinski definition) is 1. The van der Waals surface area contributed by atoms with E-state index in [-0.39, 0.29) is 0 Å². The van der Waals surface area contributed by atoms with Gasteiger partial charge in [-0.1, -0.05) is 66.2 Å². The molecule has 0 saturated heterocycles. The van der Waals surface area contributed by atoms with Gasteiger partial charge in [-0.25, -0.2) is 0 Å². The zero-order chi connectivity index (χ0) is 22.0. The van der Waals surface area contributed by atoms with E-state index < -0.39 is 0 Å². The van der Waals surface area contributed by atoms with E-state index in [1.807, 2.05) is 0 Å². The van der Waals surface area contributed by atoms with Gasteiger partial charge in [-0.3, -0.25) is 0 Å². The number of nitrogens with two attached hydrogens (primary N) is 1. The van der Waals surface area contributed by atoms with Crippen LogP contribution in [0.5, 0.6) is 0 Å². The van der Waals surface area contributed by atoms with E-state index in [4.69, 9.17) is 5.73 Å². The molecule has 1 heteroatoms. The van der Waals surface area contributed by atoms with Gasteiger partial charge in [0.25, 0.3) is 0 Å². The molecule has 7 unspecified atom stereocenters. The van der Waals surface area contributed by atoms with Crippen molar-refractivity contribution in [3.63, 3.8) is 0 Å². The maximum Gasteiger partial charge on any atom is -0.00459 e. The van der Waals surface area contributed by atoms with Crippen LogP contribution in [0.1, 0.15) is 124 Å². The summed E-state index contributed by atoms with van der Waals surface area (Å²) in [6.45, 7) is 11.1. The van der Waals surface area contributed by atoms with Crippen LogP contribution in [-0.4, -0.2) is 6.54 Å². The fourth-order valence-corrected chi connectivity index (χ4v) is 9.33. The van der Waals surface area contributed by atoms with Gasteiger partial charge in [0.1, 0.15) is 0 Å². The lowest BCUT2D eigenvalue weighted by atomic mass is 9.58. The molecule has 4 aliphatic carbocycles. The average Bonchev–Trinajstić information content (AvgIpc) is 2.95. The Bertz CT molecular complexity index is 545. The van der Waals surface area contributed by atoms with Crippen molar-refractivity contribution in [1.82, 2.24) is 0 Å². The number of hydrogen-bond donors (Lipinski definition) is 1. The van der Waals surface area contributed by atoms with E-state index in [2.05, 4.69) is 27.7 Å². The zero-order valence-corrected chi connectivity index (χ0v) is 21.6. The van der Waals surface area contributed by atoms with Gasteiger partial charge in [0, 0.05) is 0 Å². The van der Waals surface area contributed by atoms with Gasteiger partial charge < -0.3 is 5.73 Å². The molecule has 0 heterocycles. The van der Waals surface area contributed by atoms with Crippen molar-refractivity contribution in [3.8, 4) is 0 Å². The highest BCUT2D eigenvalue weighted by molar-refractivity contribution is 4.94. The van der Waals surface area contributed by atoms with Gasteiger partial charge in [0.05, 0.1) is 0 Å². The molecule has 0 aromatic rings. The molecule has 0 spiro atoms. The Morgan fingerprint density at radius 2 is 1.39 bits per heavy atom. The largest absolute Gasteiger partial charge is 0.330 e. The summed E-state index contributed by atoms with van der Waals surface area (Å²) < 4.78 is 0. The van der Waals surface area contributed by atoms with Crippen LogP contribution in [-0.2, 0) is 0 Å². The molecule has 2 N–H and O–H groups in total. The molecule has 0 amide bonds. The predicted molar refractivity (Wildman–Crippen MR) is 135 cm³/mol. The fourth-order valence-electron chi connectivity index (χ4n) is 9.33. The van der Waals surface area contributed by atoms with Gasteiger partial charge in [-0.2, -0.15) is 0 Å². The number of rotatable bonds is 6. The molecule has 4 aliphatic rings. The molecule has 2 bridgehead atoms. The van der Waals surface area contributed by atoms with Crippen LogP contribution in [0.3, 0.4) is 0 Å². The topological polar surface area (TPSA) is 26.0 Å². The Kier molecular flexibility index (Phi) is 8.15. The third-order valence-corrected chi connectivity index (χ3v) is 11.4. The molecule has 0 aromatic carbocycles. The van der Waals surface area contributed by atoms with Crippen LogP contribution in [0.4, 0.5) is 0 Å². The Morgan fingerprint density at radius 3 is 2.10 bits per heavy atom. The van der Waals surface area contributed by atoms with Gasteiger partial charge in [-0.05, 0) is 123 Å². The Balaban J connectivity index is 1.33. The summed E-state index contributed by atoms with van der Waals surface area (Å²) in [5.74, 6) is 8.73. The minimum absolute atomic E-state index is 0.476. The lowest BCUT2D eigenvalue weighted by molar-refractivity contribution is 0.0260. The first-order chi connectivity index (χ1) is 14.9. The Morgan fingerprint density at radius 1 is 0.710 bits per heavy atom. The quantitative estimate of drug-likeness (QED) is 0.450. The minimum atomic E-state index is 0.476. The second-order valence-corrected chi connectivity index (χ2v) is 13.7. The van der Waals surface area contributed by atoms with Crippen molar-refractivity contribution in [2.45, 2.75) is 124 Å². The summed E-state index contributed by atoms with van der Waals surface area (Å²) in [5.41, 5.74) is 6.94. The van der Waals surface area contributed by atoms with Gasteiger partial charge >= 0.3 is 0 Å². The molecule has 4 saturated carbocycles. The minimum Gasteiger partial charge on any atom is -0.330 e. The lowest BCUT2D eigenvalue weighted by Gasteiger charge is -2.48. The average molecular weight is 430 g/mol. The summed E-state index contributed by atoms with van der Waals surface area (Å²) >= 11 is 0. The van der Waals surface area contributed by atoms with Crippen molar-refractivity contribution in [2.75, 3.05) is 6.54 Å². The zero-order valence-electron chi connectivity index (χ0n) is 21.6. The monoisotopic (exact) mass is 429 g/mol. The SMILES string of the molecule is CCC1CCC(C2CCC(C(C)(C)CC3CCC4CC(CCC4C)C3)C(CN)C2)CC1. The van der Waals surface area contributed by atoms with Crippen molar-refractivity contribution < 1.29 is 0 Å². The Labute approximate surface area is 195 Å². The molecule has 4 fully saturated rings. The van der Waals surface area contributed by atoms with E-state index in [1.165, 1.54) is 89.9 Å². The van der Waals surface area contributed by atoms with Gasteiger partial charge in [0.2, 0.25) is 0 Å². The second-order valence-electron chi connectivity index (χ2n) is 13.7. The molecular weight excluding hydrogens is 374 g/mol. The Hall–Kier alpha value is -0.0400. The molecule has 0 radical (unpaired) electrons. The molecule has 4 rings (SSSR count). The van der Waals surface area contributed by atoms with Crippen LogP contribution in [0, 0.1) is 58.7 Å². The summed E-state index contributed by atoms with van der Waals surface area (Å²) in [7, 11) is 0. The first-order valence-corrected chi connectivity index (χ1v) is 14.6. The maximum absolute atomic E-state index is 6.47. The van der Waals surface area contributed by atoms with E-state index in [0.29, 0.717) is 5.41 Å². The molecule has 1 nitrogen and oxygen atoms in total. The lowest BCUT2D eigenvalue weighted by Crippen LogP contribution is -2.41. The van der Waals surface area contributed by atoms with Crippen LogP contribution in [0.25, 0.3) is 0 Å². The first-order valence-electron chi connectivity index (χ1n) is 14.6. The standard InChI is InChI=1S/C30H55N/c1-5-22-8-11-25(12-9-22)27-14-15-29(28(18-27)20-31)30(3,4)19-24-10-13-26-17-23(16-24)7-6-21(26)2/h21-29H,5-20,31H2,1-4H3. The first kappa shape index (κ1) is 24.1. The van der Waals surface area contributed by atoms with Crippen molar-refractivity contribution in [2.24, 2.45) is 64.4 Å². The van der Waals surface area contributed by atoms with Crippen molar-refractivity contribution >= 4 is 0 Å². The van der Waals surface area contributed by atoms with E-state index in [0.717, 1.165) is 59.8 Å². The highest BCUT2D eigenvalue weighted by Crippen LogP contribution is 2.52. The summed E-state index contributed by atoms with van der Waals surface area (Å²) in [4.78, 5) is 0. The highest BCUT2D eigenvalue weighted by atomic mass is 14.6. The second kappa shape index (κ2) is 10.5.